The number of hydrogen-bond donors (Lipinski definition) is 1. The molecule has 1 heterocycles. The SMILES string of the molecule is COc1ccc2ncc(CO)c(OC(C)C)c2c1. The van der Waals surface area contributed by atoms with Crippen LogP contribution in [0.15, 0.2) is 24.4 Å². The van der Waals surface area contributed by atoms with Crippen LogP contribution >= 0.6 is 0 Å². The van der Waals surface area contributed by atoms with Crippen molar-refractivity contribution in [3.05, 3.63) is 30.0 Å². The summed E-state index contributed by atoms with van der Waals surface area (Å²) < 4.78 is 11.0. The predicted octanol–water partition coefficient (Wildman–Crippen LogP) is 2.52. The van der Waals surface area contributed by atoms with E-state index >= 15 is 0 Å². The Hall–Kier alpha value is -1.81. The Morgan fingerprint density at radius 3 is 2.72 bits per heavy atom. The standard InChI is InChI=1S/C14H17NO3/c1-9(2)18-14-10(8-16)7-15-13-5-4-11(17-3)6-12(13)14/h4-7,9,16H,8H2,1-3H3. The minimum Gasteiger partial charge on any atom is -0.497 e. The lowest BCUT2D eigenvalue weighted by Gasteiger charge is -2.15. The summed E-state index contributed by atoms with van der Waals surface area (Å²) in [6.07, 6.45) is 1.68. The van der Waals surface area contributed by atoms with Crippen molar-refractivity contribution < 1.29 is 14.6 Å². The summed E-state index contributed by atoms with van der Waals surface area (Å²) in [6, 6.07) is 5.61. The fraction of sp³-hybridized carbons (Fsp3) is 0.357. The van der Waals surface area contributed by atoms with E-state index in [0.717, 1.165) is 16.7 Å². The molecule has 0 unspecified atom stereocenters. The van der Waals surface area contributed by atoms with E-state index in [2.05, 4.69) is 4.98 Å². The van der Waals surface area contributed by atoms with Gasteiger partial charge in [0.2, 0.25) is 0 Å². The summed E-state index contributed by atoms with van der Waals surface area (Å²) in [4.78, 5) is 4.30. The van der Waals surface area contributed by atoms with Crippen molar-refractivity contribution in [2.24, 2.45) is 0 Å². The van der Waals surface area contributed by atoms with E-state index in [9.17, 15) is 5.11 Å². The number of benzene rings is 1. The first kappa shape index (κ1) is 12.6. The van der Waals surface area contributed by atoms with Crippen LogP contribution in [0.3, 0.4) is 0 Å². The number of hydrogen-bond acceptors (Lipinski definition) is 4. The van der Waals surface area contributed by atoms with Crippen LogP contribution in [0.1, 0.15) is 19.4 Å². The molecule has 0 saturated heterocycles. The van der Waals surface area contributed by atoms with E-state index in [4.69, 9.17) is 9.47 Å². The van der Waals surface area contributed by atoms with Gasteiger partial charge in [-0.1, -0.05) is 0 Å². The van der Waals surface area contributed by atoms with E-state index < -0.39 is 0 Å². The average molecular weight is 247 g/mol. The highest BCUT2D eigenvalue weighted by Crippen LogP contribution is 2.31. The van der Waals surface area contributed by atoms with Crippen molar-refractivity contribution in [2.75, 3.05) is 7.11 Å². The van der Waals surface area contributed by atoms with E-state index in [1.54, 1.807) is 13.3 Å². The summed E-state index contributed by atoms with van der Waals surface area (Å²) in [5, 5.41) is 10.2. The number of pyridine rings is 1. The molecular weight excluding hydrogens is 230 g/mol. The summed E-state index contributed by atoms with van der Waals surface area (Å²) in [7, 11) is 1.62. The second-order valence-corrected chi connectivity index (χ2v) is 4.32. The van der Waals surface area contributed by atoms with Gasteiger partial charge < -0.3 is 14.6 Å². The van der Waals surface area contributed by atoms with Crippen molar-refractivity contribution in [1.82, 2.24) is 4.98 Å². The van der Waals surface area contributed by atoms with Gasteiger partial charge in [-0.15, -0.1) is 0 Å². The normalized spacial score (nSPS) is 10.9. The second-order valence-electron chi connectivity index (χ2n) is 4.32. The summed E-state index contributed by atoms with van der Waals surface area (Å²) in [6.45, 7) is 3.81. The van der Waals surface area contributed by atoms with Crippen LogP contribution in [0.25, 0.3) is 10.9 Å². The van der Waals surface area contributed by atoms with Gasteiger partial charge in [0.1, 0.15) is 11.5 Å². The number of rotatable bonds is 4. The Morgan fingerprint density at radius 2 is 2.11 bits per heavy atom. The zero-order valence-electron chi connectivity index (χ0n) is 10.8. The van der Waals surface area contributed by atoms with Crippen LogP contribution in [-0.4, -0.2) is 23.3 Å². The summed E-state index contributed by atoms with van der Waals surface area (Å²) in [5.41, 5.74) is 1.51. The maximum absolute atomic E-state index is 9.37. The van der Waals surface area contributed by atoms with Crippen LogP contribution in [-0.2, 0) is 6.61 Å². The maximum Gasteiger partial charge on any atom is 0.136 e. The molecule has 4 heteroatoms. The molecule has 4 nitrogen and oxygen atoms in total. The molecule has 96 valence electrons. The Balaban J connectivity index is 2.65. The van der Waals surface area contributed by atoms with Gasteiger partial charge in [-0.3, -0.25) is 4.98 Å². The highest BCUT2D eigenvalue weighted by atomic mass is 16.5. The van der Waals surface area contributed by atoms with E-state index in [1.807, 2.05) is 32.0 Å². The van der Waals surface area contributed by atoms with Crippen molar-refractivity contribution in [2.45, 2.75) is 26.6 Å². The van der Waals surface area contributed by atoms with E-state index in [0.29, 0.717) is 11.3 Å². The molecule has 1 aromatic heterocycles. The Labute approximate surface area is 106 Å². The quantitative estimate of drug-likeness (QED) is 0.902. The Kier molecular flexibility index (Phi) is 3.67. The van der Waals surface area contributed by atoms with Crippen molar-refractivity contribution >= 4 is 10.9 Å². The van der Waals surface area contributed by atoms with Crippen LogP contribution in [0.4, 0.5) is 0 Å². The first-order valence-electron chi connectivity index (χ1n) is 5.89. The van der Waals surface area contributed by atoms with E-state index in [-0.39, 0.29) is 12.7 Å². The summed E-state index contributed by atoms with van der Waals surface area (Å²) in [5.74, 6) is 1.42. The third kappa shape index (κ3) is 2.38. The molecule has 2 rings (SSSR count). The molecule has 1 aromatic carbocycles. The van der Waals surface area contributed by atoms with Gasteiger partial charge in [0.25, 0.3) is 0 Å². The lowest BCUT2D eigenvalue weighted by atomic mass is 10.1. The lowest BCUT2D eigenvalue weighted by Crippen LogP contribution is -2.08. The average Bonchev–Trinajstić information content (AvgIpc) is 2.38. The minimum atomic E-state index is -0.0950. The number of methoxy groups -OCH3 is 1. The molecule has 0 aliphatic heterocycles. The zero-order chi connectivity index (χ0) is 13.1. The van der Waals surface area contributed by atoms with E-state index in [1.165, 1.54) is 0 Å². The molecule has 0 atom stereocenters. The van der Waals surface area contributed by atoms with Gasteiger partial charge in [-0.2, -0.15) is 0 Å². The highest BCUT2D eigenvalue weighted by molar-refractivity contribution is 5.87. The predicted molar refractivity (Wildman–Crippen MR) is 70.0 cm³/mol. The molecule has 1 N–H and O–H groups in total. The number of aromatic nitrogens is 1. The van der Waals surface area contributed by atoms with Gasteiger partial charge in [-0.25, -0.2) is 0 Å². The van der Waals surface area contributed by atoms with Gasteiger partial charge in [0.05, 0.1) is 25.3 Å². The highest BCUT2D eigenvalue weighted by Gasteiger charge is 2.12. The first-order valence-corrected chi connectivity index (χ1v) is 5.89. The number of ether oxygens (including phenoxy) is 2. The largest absolute Gasteiger partial charge is 0.497 e. The van der Waals surface area contributed by atoms with Gasteiger partial charge in [0.15, 0.2) is 0 Å². The fourth-order valence-electron chi connectivity index (χ4n) is 1.80. The smallest absolute Gasteiger partial charge is 0.136 e. The third-order valence-electron chi connectivity index (χ3n) is 2.62. The van der Waals surface area contributed by atoms with Crippen LogP contribution in [0, 0.1) is 0 Å². The van der Waals surface area contributed by atoms with Crippen molar-refractivity contribution in [3.8, 4) is 11.5 Å². The molecule has 0 saturated carbocycles. The van der Waals surface area contributed by atoms with Crippen molar-refractivity contribution in [3.63, 3.8) is 0 Å². The molecule has 0 bridgehead atoms. The lowest BCUT2D eigenvalue weighted by molar-refractivity contribution is 0.228. The molecule has 0 radical (unpaired) electrons. The number of fused-ring (bicyclic) bond motifs is 1. The van der Waals surface area contributed by atoms with Gasteiger partial charge in [-0.05, 0) is 32.0 Å². The fourth-order valence-corrected chi connectivity index (χ4v) is 1.80. The molecule has 18 heavy (non-hydrogen) atoms. The van der Waals surface area contributed by atoms with Crippen LogP contribution in [0.5, 0.6) is 11.5 Å². The van der Waals surface area contributed by atoms with Gasteiger partial charge in [0, 0.05) is 17.1 Å². The Morgan fingerprint density at radius 1 is 1.33 bits per heavy atom. The molecule has 0 fully saturated rings. The molecule has 0 amide bonds. The molecule has 0 aliphatic rings. The number of nitrogens with zero attached hydrogens (tertiary/aromatic N) is 1. The molecule has 0 aliphatic carbocycles. The Bertz CT molecular complexity index is 547. The second kappa shape index (κ2) is 5.23. The van der Waals surface area contributed by atoms with Crippen LogP contribution in [0.2, 0.25) is 0 Å². The molecule has 0 spiro atoms. The molecule has 2 aromatic rings. The molecular formula is C14H17NO3. The zero-order valence-corrected chi connectivity index (χ0v) is 10.8. The van der Waals surface area contributed by atoms with Crippen LogP contribution < -0.4 is 9.47 Å². The number of aliphatic hydroxyl groups excluding tert-OH is 1. The summed E-state index contributed by atoms with van der Waals surface area (Å²) >= 11 is 0. The number of aliphatic hydroxyl groups is 1. The van der Waals surface area contributed by atoms with Gasteiger partial charge >= 0.3 is 0 Å². The third-order valence-corrected chi connectivity index (χ3v) is 2.62. The minimum absolute atomic E-state index is 0.0344. The topological polar surface area (TPSA) is 51.6 Å². The monoisotopic (exact) mass is 247 g/mol. The maximum atomic E-state index is 9.37. The first-order chi connectivity index (χ1) is 8.65. The van der Waals surface area contributed by atoms with Crippen molar-refractivity contribution in [1.29, 1.82) is 0 Å².